The minimum absolute atomic E-state index is 0.302. The molecule has 2 aromatic rings. The van der Waals surface area contributed by atoms with Crippen LogP contribution < -0.4 is 5.73 Å². The van der Waals surface area contributed by atoms with Gasteiger partial charge >= 0.3 is 0 Å². The maximum atomic E-state index is 11.0. The van der Waals surface area contributed by atoms with Crippen LogP contribution in [0.25, 0.3) is 10.9 Å². The van der Waals surface area contributed by atoms with Crippen LogP contribution in [0.1, 0.15) is 20.8 Å². The zero-order valence-corrected chi connectivity index (χ0v) is 8.57. The molecule has 1 heterocycles. The first-order valence-electron chi connectivity index (χ1n) is 4.23. The fourth-order valence-corrected chi connectivity index (χ4v) is 1.81. The minimum Gasteiger partial charge on any atom is -0.364 e. The Morgan fingerprint density at radius 3 is 2.73 bits per heavy atom. The molecular formula is C10H8N2O2S. The molecule has 0 radical (unpaired) electrons. The largest absolute Gasteiger partial charge is 0.364 e. The number of carbonyl (C=O) groups is 2. The average molecular weight is 220 g/mol. The Hall–Kier alpha value is -1.75. The van der Waals surface area contributed by atoms with Gasteiger partial charge in [0, 0.05) is 10.9 Å². The Balaban J connectivity index is 2.76. The van der Waals surface area contributed by atoms with E-state index in [2.05, 4.69) is 12.8 Å². The first-order valence-corrected chi connectivity index (χ1v) is 4.63. The van der Waals surface area contributed by atoms with E-state index in [1.807, 2.05) is 0 Å². The van der Waals surface area contributed by atoms with Crippen molar-refractivity contribution < 1.29 is 9.59 Å². The van der Waals surface area contributed by atoms with E-state index in [4.69, 9.17) is 5.73 Å². The molecule has 0 saturated carbocycles. The maximum Gasteiger partial charge on any atom is 0.266 e. The molecule has 0 unspecified atom stereocenters. The Morgan fingerprint density at radius 2 is 2.13 bits per heavy atom. The molecule has 0 spiro atoms. The number of hydrogen-bond acceptors (Lipinski definition) is 3. The van der Waals surface area contributed by atoms with E-state index in [0.29, 0.717) is 11.3 Å². The molecule has 76 valence electrons. The van der Waals surface area contributed by atoms with Gasteiger partial charge in [-0.3, -0.25) is 13.6 Å². The van der Waals surface area contributed by atoms with Crippen LogP contribution in [-0.4, -0.2) is 16.2 Å². The first-order chi connectivity index (χ1) is 7.13. The quantitative estimate of drug-likeness (QED) is 0.591. The first kappa shape index (κ1) is 9.79. The van der Waals surface area contributed by atoms with Crippen molar-refractivity contribution in [1.82, 2.24) is 3.97 Å². The van der Waals surface area contributed by atoms with Crippen LogP contribution in [0.3, 0.4) is 0 Å². The number of fused-ring (bicyclic) bond motifs is 1. The standard InChI is InChI=1S/C10H8N2O2S/c11-10(14)9-4-7-3-6(5-13)1-2-8(7)12(9)15/h1-5,15H,(H2,11,14). The smallest absolute Gasteiger partial charge is 0.266 e. The summed E-state index contributed by atoms with van der Waals surface area (Å²) in [6.45, 7) is 0. The normalized spacial score (nSPS) is 10.5. The van der Waals surface area contributed by atoms with Crippen LogP contribution >= 0.6 is 12.8 Å². The fraction of sp³-hybridized carbons (Fsp3) is 0. The van der Waals surface area contributed by atoms with Gasteiger partial charge in [-0.05, 0) is 24.3 Å². The molecular weight excluding hydrogens is 212 g/mol. The summed E-state index contributed by atoms with van der Waals surface area (Å²) >= 11 is 4.15. The molecule has 0 bridgehead atoms. The molecule has 1 aromatic carbocycles. The summed E-state index contributed by atoms with van der Waals surface area (Å²) in [5.74, 6) is -0.547. The molecule has 0 aliphatic rings. The number of aromatic nitrogens is 1. The molecule has 4 nitrogen and oxygen atoms in total. The maximum absolute atomic E-state index is 11.0. The summed E-state index contributed by atoms with van der Waals surface area (Å²) in [5, 5.41) is 0.767. The highest BCUT2D eigenvalue weighted by atomic mass is 32.1. The van der Waals surface area contributed by atoms with Crippen molar-refractivity contribution in [2.45, 2.75) is 0 Å². The number of hydrogen-bond donors (Lipinski definition) is 2. The zero-order valence-electron chi connectivity index (χ0n) is 7.68. The summed E-state index contributed by atoms with van der Waals surface area (Å²) in [6.07, 6.45) is 0.749. The van der Waals surface area contributed by atoms with E-state index in [0.717, 1.165) is 17.2 Å². The van der Waals surface area contributed by atoms with Crippen molar-refractivity contribution in [3.8, 4) is 0 Å². The van der Waals surface area contributed by atoms with Crippen LogP contribution in [0.15, 0.2) is 24.3 Å². The van der Waals surface area contributed by atoms with Gasteiger partial charge in [-0.2, -0.15) is 0 Å². The molecule has 15 heavy (non-hydrogen) atoms. The average Bonchev–Trinajstić information content (AvgIpc) is 2.55. The molecule has 0 fully saturated rings. The predicted octanol–water partition coefficient (Wildman–Crippen LogP) is 1.25. The zero-order chi connectivity index (χ0) is 11.0. The van der Waals surface area contributed by atoms with Gasteiger partial charge in [-0.1, -0.05) is 12.8 Å². The third kappa shape index (κ3) is 1.50. The number of carbonyl (C=O) groups excluding carboxylic acids is 2. The van der Waals surface area contributed by atoms with Gasteiger partial charge in [-0.25, -0.2) is 0 Å². The lowest BCUT2D eigenvalue weighted by molar-refractivity contribution is 0.0995. The van der Waals surface area contributed by atoms with Crippen molar-refractivity contribution in [3.05, 3.63) is 35.5 Å². The Kier molecular flexibility index (Phi) is 2.24. The van der Waals surface area contributed by atoms with Gasteiger partial charge in [0.25, 0.3) is 5.91 Å². The molecule has 0 atom stereocenters. The number of thiol groups is 1. The van der Waals surface area contributed by atoms with E-state index in [-0.39, 0.29) is 0 Å². The van der Waals surface area contributed by atoms with E-state index < -0.39 is 5.91 Å². The Bertz CT molecular complexity index is 560. The van der Waals surface area contributed by atoms with Gasteiger partial charge in [-0.15, -0.1) is 0 Å². The topological polar surface area (TPSA) is 65.1 Å². The summed E-state index contributed by atoms with van der Waals surface area (Å²) < 4.78 is 1.41. The third-order valence-electron chi connectivity index (χ3n) is 2.19. The van der Waals surface area contributed by atoms with Gasteiger partial charge in [0.05, 0.1) is 5.52 Å². The van der Waals surface area contributed by atoms with Crippen molar-refractivity contribution in [1.29, 1.82) is 0 Å². The van der Waals surface area contributed by atoms with E-state index in [1.54, 1.807) is 24.3 Å². The molecule has 5 heteroatoms. The van der Waals surface area contributed by atoms with Gasteiger partial charge < -0.3 is 5.73 Å². The summed E-state index contributed by atoms with van der Waals surface area (Å²) in [4.78, 5) is 21.6. The van der Waals surface area contributed by atoms with E-state index >= 15 is 0 Å². The van der Waals surface area contributed by atoms with E-state index in [1.165, 1.54) is 3.97 Å². The highest BCUT2D eigenvalue weighted by Crippen LogP contribution is 2.21. The molecule has 0 saturated heterocycles. The molecule has 1 aromatic heterocycles. The monoisotopic (exact) mass is 220 g/mol. The summed E-state index contributed by atoms with van der Waals surface area (Å²) in [7, 11) is 0. The van der Waals surface area contributed by atoms with Crippen LogP contribution in [0.5, 0.6) is 0 Å². The minimum atomic E-state index is -0.547. The molecule has 0 aliphatic carbocycles. The highest BCUT2D eigenvalue weighted by Gasteiger charge is 2.10. The number of primary amides is 1. The summed E-state index contributed by atoms with van der Waals surface area (Å²) in [5.41, 5.74) is 6.77. The number of nitrogens with two attached hydrogens (primary N) is 1. The highest BCUT2D eigenvalue weighted by molar-refractivity contribution is 7.78. The molecule has 0 aliphatic heterocycles. The lowest BCUT2D eigenvalue weighted by Crippen LogP contribution is -2.13. The summed E-state index contributed by atoms with van der Waals surface area (Å²) in [6, 6.07) is 6.67. The molecule has 1 amide bonds. The van der Waals surface area contributed by atoms with Gasteiger partial charge in [0.2, 0.25) is 0 Å². The van der Waals surface area contributed by atoms with Crippen molar-refractivity contribution in [2.24, 2.45) is 5.73 Å². The van der Waals surface area contributed by atoms with Crippen molar-refractivity contribution in [2.75, 3.05) is 0 Å². The number of amides is 1. The van der Waals surface area contributed by atoms with Gasteiger partial charge in [0.15, 0.2) is 0 Å². The number of nitrogens with zero attached hydrogens (tertiary/aromatic N) is 1. The van der Waals surface area contributed by atoms with Crippen LogP contribution in [0.4, 0.5) is 0 Å². The predicted molar refractivity (Wildman–Crippen MR) is 60.2 cm³/mol. The van der Waals surface area contributed by atoms with Crippen LogP contribution in [-0.2, 0) is 0 Å². The Morgan fingerprint density at radius 1 is 1.40 bits per heavy atom. The number of aldehydes is 1. The van der Waals surface area contributed by atoms with Gasteiger partial charge in [0.1, 0.15) is 12.0 Å². The lowest BCUT2D eigenvalue weighted by atomic mass is 10.2. The van der Waals surface area contributed by atoms with Crippen LogP contribution in [0.2, 0.25) is 0 Å². The second kappa shape index (κ2) is 3.43. The number of rotatable bonds is 2. The second-order valence-electron chi connectivity index (χ2n) is 3.14. The lowest BCUT2D eigenvalue weighted by Gasteiger charge is -1.97. The van der Waals surface area contributed by atoms with Crippen molar-refractivity contribution >= 4 is 35.9 Å². The number of benzene rings is 1. The fourth-order valence-electron chi connectivity index (χ4n) is 1.47. The third-order valence-corrected chi connectivity index (χ3v) is 2.62. The SMILES string of the molecule is NC(=O)c1cc2cc(C=O)ccc2n1S. The second-order valence-corrected chi connectivity index (χ2v) is 3.54. The Labute approximate surface area is 91.2 Å². The van der Waals surface area contributed by atoms with E-state index in [9.17, 15) is 9.59 Å². The molecule has 2 rings (SSSR count). The van der Waals surface area contributed by atoms with Crippen LogP contribution in [0, 0.1) is 0 Å². The van der Waals surface area contributed by atoms with Crippen molar-refractivity contribution in [3.63, 3.8) is 0 Å². The molecule has 2 N–H and O–H groups in total.